The van der Waals surface area contributed by atoms with Crippen LogP contribution in [0.15, 0.2) is 55.0 Å². The Kier molecular flexibility index (Phi) is 6.35. The van der Waals surface area contributed by atoms with Gasteiger partial charge in [0.05, 0.1) is 37.5 Å². The summed E-state index contributed by atoms with van der Waals surface area (Å²) in [5.41, 5.74) is 1.52. The number of hydrogen-bond donors (Lipinski definition) is 0. The van der Waals surface area contributed by atoms with Crippen LogP contribution >= 0.6 is 0 Å². The molecule has 2 heterocycles. The van der Waals surface area contributed by atoms with Crippen molar-refractivity contribution in [3.8, 4) is 29.2 Å². The van der Waals surface area contributed by atoms with E-state index >= 15 is 0 Å². The number of para-hydroxylation sites is 1. The number of ether oxygens (including phenoxy) is 3. The van der Waals surface area contributed by atoms with Crippen molar-refractivity contribution >= 4 is 0 Å². The van der Waals surface area contributed by atoms with Crippen LogP contribution in [0.1, 0.15) is 22.6 Å². The highest BCUT2D eigenvalue weighted by Crippen LogP contribution is 2.37. The molecule has 0 amide bonds. The lowest BCUT2D eigenvalue weighted by atomic mass is 10.1. The molecule has 0 unspecified atom stereocenters. The van der Waals surface area contributed by atoms with E-state index in [0.29, 0.717) is 5.75 Å². The minimum Gasteiger partial charge on any atom is -0.495 e. The van der Waals surface area contributed by atoms with E-state index in [9.17, 15) is 13.2 Å². The second-order valence-electron chi connectivity index (χ2n) is 7.22. The van der Waals surface area contributed by atoms with Crippen molar-refractivity contribution < 1.29 is 27.4 Å². The molecule has 34 heavy (non-hydrogen) atoms. The summed E-state index contributed by atoms with van der Waals surface area (Å²) in [5, 5.41) is 0. The lowest BCUT2D eigenvalue weighted by molar-refractivity contribution is -0.138. The van der Waals surface area contributed by atoms with Crippen molar-refractivity contribution in [2.24, 2.45) is 0 Å². The summed E-state index contributed by atoms with van der Waals surface area (Å²) in [5.74, 6) is 0.432. The van der Waals surface area contributed by atoms with Gasteiger partial charge in [0, 0.05) is 12.6 Å². The summed E-state index contributed by atoms with van der Waals surface area (Å²) in [7, 11) is 2.90. The maximum Gasteiger partial charge on any atom is 0.419 e. The third kappa shape index (κ3) is 5.08. The number of benzene rings is 2. The number of halogens is 3. The zero-order chi connectivity index (χ0) is 24.3. The second-order valence-corrected chi connectivity index (χ2v) is 7.22. The van der Waals surface area contributed by atoms with Crippen molar-refractivity contribution in [3.05, 3.63) is 77.6 Å². The molecule has 0 bridgehead atoms. The van der Waals surface area contributed by atoms with Gasteiger partial charge in [0.1, 0.15) is 17.3 Å². The molecule has 0 atom stereocenters. The Bertz CT molecular complexity index is 1310. The van der Waals surface area contributed by atoms with E-state index < -0.39 is 17.5 Å². The summed E-state index contributed by atoms with van der Waals surface area (Å²) < 4.78 is 57.8. The van der Waals surface area contributed by atoms with Crippen LogP contribution in [0.4, 0.5) is 13.2 Å². The van der Waals surface area contributed by atoms with E-state index in [1.165, 1.54) is 25.3 Å². The molecule has 0 spiro atoms. The van der Waals surface area contributed by atoms with Gasteiger partial charge in [-0.3, -0.25) is 0 Å². The average molecular weight is 471 g/mol. The van der Waals surface area contributed by atoms with Crippen LogP contribution in [-0.2, 0) is 12.6 Å². The number of methoxy groups -OCH3 is 2. The van der Waals surface area contributed by atoms with E-state index in [4.69, 9.17) is 14.2 Å². The Balaban J connectivity index is 1.63. The highest BCUT2D eigenvalue weighted by molar-refractivity contribution is 5.49. The largest absolute Gasteiger partial charge is 0.495 e. The molecule has 8 nitrogen and oxygen atoms in total. The summed E-state index contributed by atoms with van der Waals surface area (Å²) in [4.78, 5) is 16.5. The lowest BCUT2D eigenvalue weighted by Gasteiger charge is -2.13. The maximum absolute atomic E-state index is 13.3. The zero-order valence-corrected chi connectivity index (χ0v) is 18.5. The van der Waals surface area contributed by atoms with E-state index in [-0.39, 0.29) is 24.3 Å². The van der Waals surface area contributed by atoms with Crippen LogP contribution in [0.5, 0.6) is 23.5 Å². The van der Waals surface area contributed by atoms with Crippen LogP contribution in [-0.4, -0.2) is 38.7 Å². The molecular formula is C23H20F3N5O3. The summed E-state index contributed by atoms with van der Waals surface area (Å²) in [6.45, 7) is 1.89. The Morgan fingerprint density at radius 1 is 0.912 bits per heavy atom. The Hall–Kier alpha value is -4.15. The topological polar surface area (TPSA) is 84.2 Å². The van der Waals surface area contributed by atoms with E-state index in [1.54, 1.807) is 13.4 Å². The number of aryl methyl sites for hydroxylation is 1. The summed E-state index contributed by atoms with van der Waals surface area (Å²) in [6.07, 6.45) is -0.804. The molecule has 11 heteroatoms. The summed E-state index contributed by atoms with van der Waals surface area (Å²) >= 11 is 0. The van der Waals surface area contributed by atoms with Crippen molar-refractivity contribution in [1.29, 1.82) is 0 Å². The van der Waals surface area contributed by atoms with Gasteiger partial charge in [0.2, 0.25) is 0 Å². The number of hydrogen-bond acceptors (Lipinski definition) is 7. The van der Waals surface area contributed by atoms with Gasteiger partial charge in [-0.15, -0.1) is 4.98 Å². The van der Waals surface area contributed by atoms with Gasteiger partial charge in [0.25, 0.3) is 0 Å². The quantitative estimate of drug-likeness (QED) is 0.383. The fourth-order valence-electron chi connectivity index (χ4n) is 3.26. The van der Waals surface area contributed by atoms with E-state index in [0.717, 1.165) is 23.0 Å². The minimum absolute atomic E-state index is 0.0815. The van der Waals surface area contributed by atoms with Gasteiger partial charge in [0.15, 0.2) is 0 Å². The van der Waals surface area contributed by atoms with Crippen molar-refractivity contribution in [1.82, 2.24) is 24.5 Å². The first-order chi connectivity index (χ1) is 16.3. The molecule has 176 valence electrons. The predicted octanol–water partition coefficient (Wildman–Crippen LogP) is 4.78. The van der Waals surface area contributed by atoms with Crippen LogP contribution in [0.3, 0.4) is 0 Å². The number of nitrogens with zero attached hydrogens (tertiary/aromatic N) is 5. The molecular weight excluding hydrogens is 451 g/mol. The van der Waals surface area contributed by atoms with E-state index in [2.05, 4.69) is 19.9 Å². The SMILES string of the molecule is COc1nc(Cc2ccc(-n3cnc(C)c3)c(OC)c2)nc(Oc2ccccc2C(F)(F)F)n1. The van der Waals surface area contributed by atoms with Crippen molar-refractivity contribution in [2.45, 2.75) is 19.5 Å². The van der Waals surface area contributed by atoms with Gasteiger partial charge >= 0.3 is 18.2 Å². The Morgan fingerprint density at radius 2 is 1.68 bits per heavy atom. The molecule has 0 fully saturated rings. The molecule has 0 saturated carbocycles. The zero-order valence-electron chi connectivity index (χ0n) is 18.5. The molecule has 0 aliphatic heterocycles. The minimum atomic E-state index is -4.59. The monoisotopic (exact) mass is 471 g/mol. The van der Waals surface area contributed by atoms with Crippen LogP contribution < -0.4 is 14.2 Å². The Morgan fingerprint density at radius 3 is 2.35 bits per heavy atom. The average Bonchev–Trinajstić information content (AvgIpc) is 3.24. The third-order valence-corrected chi connectivity index (χ3v) is 4.81. The van der Waals surface area contributed by atoms with Gasteiger partial charge in [-0.1, -0.05) is 18.2 Å². The molecule has 0 N–H and O–H groups in total. The fourth-order valence-corrected chi connectivity index (χ4v) is 3.26. The van der Waals surface area contributed by atoms with Gasteiger partial charge in [-0.05, 0) is 36.8 Å². The maximum atomic E-state index is 13.3. The fraction of sp³-hybridized carbons (Fsp3) is 0.217. The van der Waals surface area contributed by atoms with E-state index in [1.807, 2.05) is 35.9 Å². The van der Waals surface area contributed by atoms with Gasteiger partial charge < -0.3 is 18.8 Å². The Labute approximate surface area is 193 Å². The standard InChI is InChI=1S/C23H20F3N5O3/c1-14-12-31(13-27-14)17-9-8-15(10-19(17)32-2)11-20-28-21(33-3)30-22(29-20)34-18-7-5-4-6-16(18)23(24,25)26/h4-10,12-13H,11H2,1-3H3. The van der Waals surface area contributed by atoms with Crippen LogP contribution in [0.2, 0.25) is 0 Å². The number of imidazole rings is 1. The summed E-state index contributed by atoms with van der Waals surface area (Å²) in [6, 6.07) is 9.98. The molecule has 4 aromatic rings. The van der Waals surface area contributed by atoms with Crippen molar-refractivity contribution in [3.63, 3.8) is 0 Å². The number of rotatable bonds is 7. The first-order valence-electron chi connectivity index (χ1n) is 10.1. The lowest BCUT2D eigenvalue weighted by Crippen LogP contribution is -2.09. The van der Waals surface area contributed by atoms with Crippen molar-refractivity contribution in [2.75, 3.05) is 14.2 Å². The number of aromatic nitrogens is 5. The third-order valence-electron chi connectivity index (χ3n) is 4.81. The molecule has 0 aliphatic carbocycles. The molecule has 2 aromatic carbocycles. The first kappa shape index (κ1) is 23.0. The first-order valence-corrected chi connectivity index (χ1v) is 10.1. The normalized spacial score (nSPS) is 11.4. The van der Waals surface area contributed by atoms with Crippen LogP contribution in [0, 0.1) is 6.92 Å². The van der Waals surface area contributed by atoms with Gasteiger partial charge in [-0.2, -0.15) is 23.1 Å². The van der Waals surface area contributed by atoms with Crippen LogP contribution in [0.25, 0.3) is 5.69 Å². The molecule has 0 saturated heterocycles. The second kappa shape index (κ2) is 9.38. The number of alkyl halides is 3. The molecule has 0 radical (unpaired) electrons. The highest BCUT2D eigenvalue weighted by Gasteiger charge is 2.34. The smallest absolute Gasteiger partial charge is 0.419 e. The highest BCUT2D eigenvalue weighted by atomic mass is 19.4. The molecule has 4 rings (SSSR count). The molecule has 0 aliphatic rings. The predicted molar refractivity (Wildman–Crippen MR) is 116 cm³/mol. The molecule has 2 aromatic heterocycles. The van der Waals surface area contributed by atoms with Gasteiger partial charge in [-0.25, -0.2) is 4.98 Å².